The van der Waals surface area contributed by atoms with Gasteiger partial charge in [-0.15, -0.1) is 0 Å². The number of nitrogens with zero attached hydrogens (tertiary/aromatic N) is 2. The molecule has 0 radical (unpaired) electrons. The molecular formula is C18H15F3N2O3S2. The fourth-order valence-corrected chi connectivity index (χ4v) is 5.53. The van der Waals surface area contributed by atoms with E-state index in [1.165, 1.54) is 23.5 Å². The summed E-state index contributed by atoms with van der Waals surface area (Å²) in [5.74, 6) is -2.15. The molecule has 0 atom stereocenters. The second-order valence-corrected chi connectivity index (χ2v) is 9.29. The number of hydrogen-bond donors (Lipinski definition) is 0. The van der Waals surface area contributed by atoms with Crippen LogP contribution in [-0.4, -0.2) is 36.9 Å². The van der Waals surface area contributed by atoms with Gasteiger partial charge in [0, 0.05) is 13.1 Å². The van der Waals surface area contributed by atoms with E-state index in [0.717, 1.165) is 16.4 Å². The zero-order valence-electron chi connectivity index (χ0n) is 14.4. The Morgan fingerprint density at radius 2 is 1.71 bits per heavy atom. The third-order valence-electron chi connectivity index (χ3n) is 4.51. The van der Waals surface area contributed by atoms with Gasteiger partial charge in [0.2, 0.25) is 10.0 Å². The minimum atomic E-state index is -4.13. The van der Waals surface area contributed by atoms with Gasteiger partial charge in [-0.2, -0.15) is 4.31 Å². The van der Waals surface area contributed by atoms with Crippen molar-refractivity contribution >= 4 is 31.6 Å². The second kappa shape index (κ2) is 7.34. The van der Waals surface area contributed by atoms with Crippen LogP contribution in [0.5, 0.6) is 5.19 Å². The van der Waals surface area contributed by atoms with E-state index in [2.05, 4.69) is 4.98 Å². The van der Waals surface area contributed by atoms with E-state index >= 15 is 0 Å². The molecule has 0 spiro atoms. The van der Waals surface area contributed by atoms with E-state index in [9.17, 15) is 21.6 Å². The monoisotopic (exact) mass is 428 g/mol. The van der Waals surface area contributed by atoms with Crippen LogP contribution in [-0.2, 0) is 10.0 Å². The quantitative estimate of drug-likeness (QED) is 0.632. The molecule has 0 saturated carbocycles. The third-order valence-corrected chi connectivity index (χ3v) is 7.33. The number of sulfonamides is 1. The first-order valence-electron chi connectivity index (χ1n) is 8.51. The lowest BCUT2D eigenvalue weighted by molar-refractivity contribution is 0.135. The lowest BCUT2D eigenvalue weighted by Crippen LogP contribution is -2.42. The van der Waals surface area contributed by atoms with Gasteiger partial charge >= 0.3 is 0 Å². The average molecular weight is 428 g/mol. The number of piperidine rings is 1. The Kier molecular flexibility index (Phi) is 5.02. The van der Waals surface area contributed by atoms with E-state index in [4.69, 9.17) is 4.74 Å². The minimum Gasteiger partial charge on any atom is -0.467 e. The molecule has 3 aromatic rings. The molecule has 0 aliphatic carbocycles. The fraction of sp³-hybridized carbons (Fsp3) is 0.278. The van der Waals surface area contributed by atoms with Crippen LogP contribution < -0.4 is 4.74 Å². The summed E-state index contributed by atoms with van der Waals surface area (Å²) < 4.78 is 73.3. The van der Waals surface area contributed by atoms with Crippen molar-refractivity contribution in [1.82, 2.24) is 9.29 Å². The maximum atomic E-state index is 13.9. The molecule has 4 rings (SSSR count). The van der Waals surface area contributed by atoms with Crippen LogP contribution in [0.15, 0.2) is 41.3 Å². The van der Waals surface area contributed by atoms with Crippen LogP contribution in [0.2, 0.25) is 0 Å². The molecule has 0 unspecified atom stereocenters. The highest BCUT2D eigenvalue weighted by molar-refractivity contribution is 7.89. The van der Waals surface area contributed by atoms with Gasteiger partial charge in [-0.1, -0.05) is 11.3 Å². The van der Waals surface area contributed by atoms with Crippen LogP contribution in [0.25, 0.3) is 10.2 Å². The van der Waals surface area contributed by atoms with Gasteiger partial charge in [0.15, 0.2) is 0 Å². The van der Waals surface area contributed by atoms with Crippen molar-refractivity contribution in [3.63, 3.8) is 0 Å². The largest absolute Gasteiger partial charge is 0.467 e. The molecule has 1 fully saturated rings. The van der Waals surface area contributed by atoms with Crippen molar-refractivity contribution in [3.05, 3.63) is 53.8 Å². The van der Waals surface area contributed by atoms with Gasteiger partial charge < -0.3 is 4.74 Å². The molecule has 0 bridgehead atoms. The number of rotatable bonds is 4. The van der Waals surface area contributed by atoms with Crippen molar-refractivity contribution in [3.8, 4) is 5.19 Å². The topological polar surface area (TPSA) is 59.5 Å². The van der Waals surface area contributed by atoms with Crippen LogP contribution in [0.1, 0.15) is 12.8 Å². The summed E-state index contributed by atoms with van der Waals surface area (Å²) in [6, 6.07) is 6.62. The molecule has 0 amide bonds. The Morgan fingerprint density at radius 3 is 2.46 bits per heavy atom. The molecule has 1 aromatic heterocycles. The molecule has 1 aliphatic rings. The van der Waals surface area contributed by atoms with Crippen molar-refractivity contribution in [2.45, 2.75) is 23.8 Å². The first-order valence-corrected chi connectivity index (χ1v) is 10.8. The van der Waals surface area contributed by atoms with Crippen molar-refractivity contribution in [1.29, 1.82) is 0 Å². The molecule has 2 aromatic carbocycles. The number of fused-ring (bicyclic) bond motifs is 1. The number of ether oxygens (including phenoxy) is 1. The molecule has 1 saturated heterocycles. The molecule has 28 heavy (non-hydrogen) atoms. The van der Waals surface area contributed by atoms with Gasteiger partial charge in [-0.25, -0.2) is 26.6 Å². The first-order chi connectivity index (χ1) is 13.3. The number of benzene rings is 2. The normalized spacial score (nSPS) is 16.5. The smallest absolute Gasteiger partial charge is 0.274 e. The Balaban J connectivity index is 1.44. The minimum absolute atomic E-state index is 0.114. The molecule has 2 heterocycles. The Morgan fingerprint density at radius 1 is 1.04 bits per heavy atom. The van der Waals surface area contributed by atoms with Gasteiger partial charge in [0.05, 0.1) is 10.2 Å². The van der Waals surface area contributed by atoms with Crippen LogP contribution >= 0.6 is 11.3 Å². The van der Waals surface area contributed by atoms with E-state index in [1.54, 1.807) is 6.07 Å². The average Bonchev–Trinajstić information content (AvgIpc) is 3.05. The van der Waals surface area contributed by atoms with E-state index < -0.39 is 26.6 Å². The summed E-state index contributed by atoms with van der Waals surface area (Å²) in [7, 11) is -4.13. The Labute approximate surface area is 163 Å². The summed E-state index contributed by atoms with van der Waals surface area (Å²) in [5.41, 5.74) is 0.628. The molecular weight excluding hydrogens is 413 g/mol. The molecule has 0 N–H and O–H groups in total. The number of thiazole rings is 1. The molecule has 148 valence electrons. The zero-order valence-corrected chi connectivity index (χ0v) is 16.1. The number of hydrogen-bond acceptors (Lipinski definition) is 5. The zero-order chi connectivity index (χ0) is 19.9. The van der Waals surface area contributed by atoms with E-state index in [-0.39, 0.29) is 25.0 Å². The summed E-state index contributed by atoms with van der Waals surface area (Å²) in [4.78, 5) is 3.62. The first kappa shape index (κ1) is 19.2. The second-order valence-electron chi connectivity index (χ2n) is 6.39. The summed E-state index contributed by atoms with van der Waals surface area (Å²) >= 11 is 1.22. The van der Waals surface area contributed by atoms with Gasteiger partial charge in [0.1, 0.15) is 28.5 Å². The van der Waals surface area contributed by atoms with Crippen LogP contribution in [0.3, 0.4) is 0 Å². The Hall–Kier alpha value is -2.17. The maximum absolute atomic E-state index is 13.9. The van der Waals surface area contributed by atoms with Crippen molar-refractivity contribution in [2.24, 2.45) is 0 Å². The number of halogens is 3. The van der Waals surface area contributed by atoms with Crippen LogP contribution in [0.4, 0.5) is 13.2 Å². The highest BCUT2D eigenvalue weighted by Crippen LogP contribution is 2.31. The van der Waals surface area contributed by atoms with Crippen LogP contribution in [0, 0.1) is 17.5 Å². The third kappa shape index (κ3) is 3.71. The maximum Gasteiger partial charge on any atom is 0.274 e. The highest BCUT2D eigenvalue weighted by Gasteiger charge is 2.32. The SMILES string of the molecule is O=S(=O)(c1cc(F)ccc1F)N1CCC(Oc2nc3ccc(F)cc3s2)CC1. The van der Waals surface area contributed by atoms with Gasteiger partial charge in [-0.05, 0) is 49.2 Å². The summed E-state index contributed by atoms with van der Waals surface area (Å²) in [6.45, 7) is 0.227. The predicted octanol–water partition coefficient (Wildman–Crippen LogP) is 3.95. The van der Waals surface area contributed by atoms with Gasteiger partial charge in [-0.3, -0.25) is 0 Å². The summed E-state index contributed by atoms with van der Waals surface area (Å²) in [6.07, 6.45) is 0.482. The van der Waals surface area contributed by atoms with E-state index in [0.29, 0.717) is 34.3 Å². The fourth-order valence-electron chi connectivity index (χ4n) is 3.07. The van der Waals surface area contributed by atoms with Gasteiger partial charge in [0.25, 0.3) is 5.19 Å². The standard InChI is InChI=1S/C18H15F3N2O3S2/c19-11-2-4-15-16(9-11)27-18(22-15)26-13-5-7-23(8-6-13)28(24,25)17-10-12(20)1-3-14(17)21/h1-4,9-10,13H,5-8H2. The molecule has 10 heteroatoms. The Bertz CT molecular complexity index is 1130. The lowest BCUT2D eigenvalue weighted by Gasteiger charge is -2.30. The van der Waals surface area contributed by atoms with E-state index in [1.807, 2.05) is 0 Å². The van der Waals surface area contributed by atoms with Crippen molar-refractivity contribution < 1.29 is 26.3 Å². The number of aromatic nitrogens is 1. The summed E-state index contributed by atoms with van der Waals surface area (Å²) in [5, 5.41) is 0.387. The lowest BCUT2D eigenvalue weighted by atomic mass is 10.1. The van der Waals surface area contributed by atoms with Crippen molar-refractivity contribution in [2.75, 3.05) is 13.1 Å². The molecule has 5 nitrogen and oxygen atoms in total. The highest BCUT2D eigenvalue weighted by atomic mass is 32.2. The predicted molar refractivity (Wildman–Crippen MR) is 98.3 cm³/mol. The molecule has 1 aliphatic heterocycles.